The van der Waals surface area contributed by atoms with Crippen LogP contribution < -0.4 is 4.74 Å². The summed E-state index contributed by atoms with van der Waals surface area (Å²) in [6.07, 6.45) is 3.26. The van der Waals surface area contributed by atoms with Gasteiger partial charge >= 0.3 is 0 Å². The molecular weight excluding hydrogens is 254 g/mol. The van der Waals surface area contributed by atoms with E-state index in [1.165, 1.54) is 0 Å². The summed E-state index contributed by atoms with van der Waals surface area (Å²) in [7, 11) is 1.81. The van der Waals surface area contributed by atoms with Crippen LogP contribution in [-0.2, 0) is 16.1 Å². The van der Waals surface area contributed by atoms with Crippen molar-refractivity contribution in [2.75, 3.05) is 20.3 Å². The van der Waals surface area contributed by atoms with E-state index in [0.29, 0.717) is 19.8 Å². The minimum atomic E-state index is -0.254. The van der Waals surface area contributed by atoms with E-state index in [1.54, 1.807) is 11.0 Å². The molecule has 4 nitrogen and oxygen atoms in total. The highest BCUT2D eigenvalue weighted by atomic mass is 16.5. The number of nitrogens with zero attached hydrogens (tertiary/aromatic N) is 1. The summed E-state index contributed by atoms with van der Waals surface area (Å²) in [5.74, 6) is 0.872. The molecular formula is C16H21NO3. The van der Waals surface area contributed by atoms with Gasteiger partial charge in [0.05, 0.1) is 0 Å². The topological polar surface area (TPSA) is 38.8 Å². The summed E-state index contributed by atoms with van der Waals surface area (Å²) in [6, 6.07) is 7.75. The monoisotopic (exact) mass is 275 g/mol. The molecule has 0 N–H and O–H groups in total. The van der Waals surface area contributed by atoms with E-state index in [1.807, 2.05) is 31.3 Å². The van der Waals surface area contributed by atoms with Gasteiger partial charge in [0.25, 0.3) is 5.91 Å². The molecule has 1 saturated heterocycles. The molecule has 1 atom stereocenters. The van der Waals surface area contributed by atoms with Crippen molar-refractivity contribution in [2.45, 2.75) is 25.5 Å². The number of carbonyl (C=O) groups is 1. The molecule has 0 aromatic heterocycles. The molecule has 1 amide bonds. The van der Waals surface area contributed by atoms with Crippen molar-refractivity contribution >= 4 is 5.91 Å². The number of benzene rings is 1. The van der Waals surface area contributed by atoms with Gasteiger partial charge in [0.15, 0.2) is 0 Å². The van der Waals surface area contributed by atoms with Crippen LogP contribution in [0.5, 0.6) is 5.75 Å². The molecule has 2 rings (SSSR count). The lowest BCUT2D eigenvalue weighted by Gasteiger charge is -2.20. The molecule has 1 aliphatic heterocycles. The molecule has 0 spiro atoms. The second-order valence-corrected chi connectivity index (χ2v) is 4.94. The first-order valence-corrected chi connectivity index (χ1v) is 6.90. The van der Waals surface area contributed by atoms with E-state index < -0.39 is 0 Å². The minimum Gasteiger partial charge on any atom is -0.490 e. The molecule has 1 fully saturated rings. The standard InChI is InChI=1S/C16H21NO3/c1-3-10-19-14-8-6-13(7-9-14)12-17(2)16(18)15-5-4-11-20-15/h3,6-9,15H,1,4-5,10-12H2,2H3/t15-/m1/s1. The van der Waals surface area contributed by atoms with Gasteiger partial charge in [-0.3, -0.25) is 4.79 Å². The molecule has 0 radical (unpaired) electrons. The Kier molecular flexibility index (Phi) is 5.18. The van der Waals surface area contributed by atoms with Crippen molar-refractivity contribution in [3.8, 4) is 5.75 Å². The zero-order chi connectivity index (χ0) is 14.4. The molecule has 0 saturated carbocycles. The van der Waals surface area contributed by atoms with Crippen LogP contribution >= 0.6 is 0 Å². The maximum absolute atomic E-state index is 12.1. The SMILES string of the molecule is C=CCOc1ccc(CN(C)C(=O)[C@H]2CCCO2)cc1. The van der Waals surface area contributed by atoms with Gasteiger partial charge in [-0.15, -0.1) is 0 Å². The fraction of sp³-hybridized carbons (Fsp3) is 0.438. The fourth-order valence-electron chi connectivity index (χ4n) is 2.22. The predicted octanol–water partition coefficient (Wildman–Crippen LogP) is 2.39. The first kappa shape index (κ1) is 14.6. The van der Waals surface area contributed by atoms with Gasteiger partial charge in [0, 0.05) is 20.2 Å². The molecule has 1 heterocycles. The third-order valence-corrected chi connectivity index (χ3v) is 3.29. The van der Waals surface area contributed by atoms with E-state index in [2.05, 4.69) is 6.58 Å². The van der Waals surface area contributed by atoms with Gasteiger partial charge in [-0.1, -0.05) is 24.8 Å². The Morgan fingerprint density at radius 1 is 1.50 bits per heavy atom. The number of likely N-dealkylation sites (N-methyl/N-ethyl adjacent to an activating group) is 1. The van der Waals surface area contributed by atoms with E-state index >= 15 is 0 Å². The van der Waals surface area contributed by atoms with Crippen molar-refractivity contribution < 1.29 is 14.3 Å². The van der Waals surface area contributed by atoms with Crippen LogP contribution in [0.15, 0.2) is 36.9 Å². The van der Waals surface area contributed by atoms with Crippen molar-refractivity contribution in [1.82, 2.24) is 4.90 Å². The second kappa shape index (κ2) is 7.10. The molecule has 108 valence electrons. The zero-order valence-corrected chi connectivity index (χ0v) is 11.9. The smallest absolute Gasteiger partial charge is 0.251 e. The summed E-state index contributed by atoms with van der Waals surface area (Å²) < 4.78 is 10.8. The Bertz CT molecular complexity index is 449. The Labute approximate surface area is 120 Å². The Morgan fingerprint density at radius 2 is 2.25 bits per heavy atom. The second-order valence-electron chi connectivity index (χ2n) is 4.94. The van der Waals surface area contributed by atoms with Gasteiger partial charge in [-0.25, -0.2) is 0 Å². The number of carbonyl (C=O) groups excluding carboxylic acids is 1. The quantitative estimate of drug-likeness (QED) is 0.748. The average molecular weight is 275 g/mol. The van der Waals surface area contributed by atoms with Crippen molar-refractivity contribution in [3.63, 3.8) is 0 Å². The number of hydrogen-bond donors (Lipinski definition) is 0. The lowest BCUT2D eigenvalue weighted by Crippen LogP contribution is -2.35. The molecule has 0 unspecified atom stereocenters. The van der Waals surface area contributed by atoms with Gasteiger partial charge in [-0.2, -0.15) is 0 Å². The molecule has 0 aliphatic carbocycles. The summed E-state index contributed by atoms with van der Waals surface area (Å²) in [5, 5.41) is 0. The van der Waals surface area contributed by atoms with Crippen LogP contribution in [-0.4, -0.2) is 37.2 Å². The molecule has 4 heteroatoms. The lowest BCUT2D eigenvalue weighted by molar-refractivity contribution is -0.140. The number of amides is 1. The summed E-state index contributed by atoms with van der Waals surface area (Å²) in [5.41, 5.74) is 1.07. The molecule has 1 aromatic carbocycles. The number of ether oxygens (including phenoxy) is 2. The summed E-state index contributed by atoms with van der Waals surface area (Å²) >= 11 is 0. The van der Waals surface area contributed by atoms with Crippen molar-refractivity contribution in [2.24, 2.45) is 0 Å². The van der Waals surface area contributed by atoms with E-state index in [-0.39, 0.29) is 12.0 Å². The van der Waals surface area contributed by atoms with Crippen molar-refractivity contribution in [1.29, 1.82) is 0 Å². The van der Waals surface area contributed by atoms with Gasteiger partial charge in [0.2, 0.25) is 0 Å². The molecule has 20 heavy (non-hydrogen) atoms. The van der Waals surface area contributed by atoms with E-state index in [9.17, 15) is 4.79 Å². The summed E-state index contributed by atoms with van der Waals surface area (Å²) in [4.78, 5) is 13.8. The van der Waals surface area contributed by atoms with Crippen molar-refractivity contribution in [3.05, 3.63) is 42.5 Å². The van der Waals surface area contributed by atoms with E-state index in [0.717, 1.165) is 24.2 Å². The molecule has 1 aromatic rings. The Morgan fingerprint density at radius 3 is 2.85 bits per heavy atom. The van der Waals surface area contributed by atoms with Crippen LogP contribution in [0, 0.1) is 0 Å². The number of rotatable bonds is 6. The highest BCUT2D eigenvalue weighted by molar-refractivity contribution is 5.80. The predicted molar refractivity (Wildman–Crippen MR) is 77.6 cm³/mol. The molecule has 1 aliphatic rings. The average Bonchev–Trinajstić information content (AvgIpc) is 3.00. The summed E-state index contributed by atoms with van der Waals surface area (Å²) in [6.45, 7) is 5.38. The first-order valence-electron chi connectivity index (χ1n) is 6.90. The largest absolute Gasteiger partial charge is 0.490 e. The highest BCUT2D eigenvalue weighted by Gasteiger charge is 2.26. The van der Waals surface area contributed by atoms with E-state index in [4.69, 9.17) is 9.47 Å². The first-order chi connectivity index (χ1) is 9.70. The van der Waals surface area contributed by atoms with Gasteiger partial charge < -0.3 is 14.4 Å². The van der Waals surface area contributed by atoms with Crippen LogP contribution in [0.1, 0.15) is 18.4 Å². The Balaban J connectivity index is 1.88. The Hall–Kier alpha value is -1.81. The van der Waals surface area contributed by atoms with Crippen LogP contribution in [0.2, 0.25) is 0 Å². The van der Waals surface area contributed by atoms with Crippen LogP contribution in [0.3, 0.4) is 0 Å². The maximum atomic E-state index is 12.1. The highest BCUT2D eigenvalue weighted by Crippen LogP contribution is 2.17. The fourth-order valence-corrected chi connectivity index (χ4v) is 2.22. The third kappa shape index (κ3) is 3.84. The van der Waals surface area contributed by atoms with Gasteiger partial charge in [0.1, 0.15) is 18.5 Å². The molecule has 0 bridgehead atoms. The van der Waals surface area contributed by atoms with Gasteiger partial charge in [-0.05, 0) is 30.5 Å². The van der Waals surface area contributed by atoms with Crippen LogP contribution in [0.25, 0.3) is 0 Å². The minimum absolute atomic E-state index is 0.0643. The zero-order valence-electron chi connectivity index (χ0n) is 11.9. The van der Waals surface area contributed by atoms with Crippen LogP contribution in [0.4, 0.5) is 0 Å². The third-order valence-electron chi connectivity index (χ3n) is 3.29. The lowest BCUT2D eigenvalue weighted by atomic mass is 10.2. The number of hydrogen-bond acceptors (Lipinski definition) is 3. The maximum Gasteiger partial charge on any atom is 0.251 e. The normalized spacial score (nSPS) is 17.8.